The van der Waals surface area contributed by atoms with Crippen LogP contribution in [0.1, 0.15) is 12.5 Å². The fraction of sp³-hybridized carbons (Fsp3) is 0.150. The molecule has 0 heterocycles. The second-order valence-corrected chi connectivity index (χ2v) is 6.61. The molecule has 0 aliphatic carbocycles. The third kappa shape index (κ3) is 5.75. The van der Waals surface area contributed by atoms with Crippen LogP contribution in [0.15, 0.2) is 46.4 Å². The number of nitriles is 2. The van der Waals surface area contributed by atoms with Crippen LogP contribution >= 0.6 is 27.5 Å². The van der Waals surface area contributed by atoms with E-state index in [1.165, 1.54) is 6.08 Å². The van der Waals surface area contributed by atoms with Gasteiger partial charge in [-0.15, -0.1) is 0 Å². The standard InChI is InChI=1S/C20H15BrClN3O3/c1-2-27-16-5-3-4-15(11-16)25-20(26)14(12-24)8-13-9-17(21)19(18(22)10-13)28-7-6-23/h3-5,8-11H,2,7H2,1H3,(H,25,26)/b14-8-. The van der Waals surface area contributed by atoms with E-state index in [2.05, 4.69) is 21.2 Å². The van der Waals surface area contributed by atoms with Crippen LogP contribution in [-0.4, -0.2) is 19.1 Å². The molecule has 0 unspecified atom stereocenters. The van der Waals surface area contributed by atoms with Gasteiger partial charge in [-0.1, -0.05) is 17.7 Å². The number of halogens is 2. The Bertz CT molecular complexity index is 970. The predicted octanol–water partition coefficient (Wildman–Crippen LogP) is 4.95. The molecule has 0 saturated carbocycles. The summed E-state index contributed by atoms with van der Waals surface area (Å²) in [6, 6.07) is 13.8. The van der Waals surface area contributed by atoms with E-state index >= 15 is 0 Å². The largest absolute Gasteiger partial charge is 0.494 e. The molecule has 0 saturated heterocycles. The van der Waals surface area contributed by atoms with Gasteiger partial charge in [0, 0.05) is 11.8 Å². The van der Waals surface area contributed by atoms with E-state index < -0.39 is 5.91 Å². The van der Waals surface area contributed by atoms with Crippen molar-refractivity contribution in [1.82, 2.24) is 0 Å². The molecule has 0 atom stereocenters. The molecule has 0 fully saturated rings. The maximum absolute atomic E-state index is 12.4. The van der Waals surface area contributed by atoms with Crippen molar-refractivity contribution >= 4 is 45.2 Å². The fourth-order valence-electron chi connectivity index (χ4n) is 2.25. The van der Waals surface area contributed by atoms with Gasteiger partial charge < -0.3 is 14.8 Å². The zero-order valence-corrected chi connectivity index (χ0v) is 17.2. The maximum atomic E-state index is 12.4. The minimum Gasteiger partial charge on any atom is -0.494 e. The van der Waals surface area contributed by atoms with Gasteiger partial charge in [0.15, 0.2) is 12.4 Å². The van der Waals surface area contributed by atoms with Crippen LogP contribution in [-0.2, 0) is 4.79 Å². The van der Waals surface area contributed by atoms with Crippen molar-refractivity contribution in [2.24, 2.45) is 0 Å². The van der Waals surface area contributed by atoms with Gasteiger partial charge in [0.25, 0.3) is 5.91 Å². The molecule has 2 rings (SSSR count). The zero-order chi connectivity index (χ0) is 20.5. The third-order valence-corrected chi connectivity index (χ3v) is 4.25. The Kier molecular flexibility index (Phi) is 7.88. The van der Waals surface area contributed by atoms with Crippen LogP contribution in [0.2, 0.25) is 5.02 Å². The topological polar surface area (TPSA) is 95.1 Å². The number of ether oxygens (including phenoxy) is 2. The van der Waals surface area contributed by atoms with Crippen molar-refractivity contribution < 1.29 is 14.3 Å². The van der Waals surface area contributed by atoms with E-state index in [1.54, 1.807) is 36.4 Å². The van der Waals surface area contributed by atoms with Crippen LogP contribution in [0.25, 0.3) is 6.08 Å². The molecule has 8 heteroatoms. The molecule has 0 spiro atoms. The number of carbonyl (C=O) groups excluding carboxylic acids is 1. The van der Waals surface area contributed by atoms with Gasteiger partial charge in [0.05, 0.1) is 16.1 Å². The highest BCUT2D eigenvalue weighted by Gasteiger charge is 2.13. The van der Waals surface area contributed by atoms with E-state index in [0.717, 1.165) is 0 Å². The minimum absolute atomic E-state index is 0.101. The molecule has 6 nitrogen and oxygen atoms in total. The molecule has 2 aromatic rings. The van der Waals surface area contributed by atoms with Crippen molar-refractivity contribution in [2.75, 3.05) is 18.5 Å². The van der Waals surface area contributed by atoms with Crippen molar-refractivity contribution in [3.63, 3.8) is 0 Å². The quantitative estimate of drug-likeness (QED) is 0.466. The lowest BCUT2D eigenvalue weighted by molar-refractivity contribution is -0.112. The molecule has 142 valence electrons. The van der Waals surface area contributed by atoms with Crippen LogP contribution < -0.4 is 14.8 Å². The van der Waals surface area contributed by atoms with Crippen LogP contribution in [0, 0.1) is 22.7 Å². The molecule has 28 heavy (non-hydrogen) atoms. The van der Waals surface area contributed by atoms with Crippen LogP contribution in [0.5, 0.6) is 11.5 Å². The van der Waals surface area contributed by atoms with Gasteiger partial charge in [-0.2, -0.15) is 10.5 Å². The SMILES string of the molecule is CCOc1cccc(NC(=O)/C(C#N)=C\c2cc(Cl)c(OCC#N)c(Br)c2)c1. The lowest BCUT2D eigenvalue weighted by atomic mass is 10.1. The Morgan fingerprint density at radius 2 is 2.07 bits per heavy atom. The summed E-state index contributed by atoms with van der Waals surface area (Å²) in [5.41, 5.74) is 0.933. The molecule has 0 radical (unpaired) electrons. The smallest absolute Gasteiger partial charge is 0.266 e. The molecular weight excluding hydrogens is 446 g/mol. The predicted molar refractivity (Wildman–Crippen MR) is 110 cm³/mol. The maximum Gasteiger partial charge on any atom is 0.266 e. The number of nitrogens with zero attached hydrogens (tertiary/aromatic N) is 2. The van der Waals surface area contributed by atoms with Gasteiger partial charge in [-0.25, -0.2) is 0 Å². The second kappa shape index (κ2) is 10.4. The number of hydrogen-bond donors (Lipinski definition) is 1. The number of carbonyl (C=O) groups is 1. The molecule has 0 aliphatic rings. The number of rotatable bonds is 7. The fourth-order valence-corrected chi connectivity index (χ4v) is 3.24. The first-order chi connectivity index (χ1) is 13.5. The normalized spacial score (nSPS) is 10.5. The average Bonchev–Trinajstić information content (AvgIpc) is 2.66. The number of anilines is 1. The summed E-state index contributed by atoms with van der Waals surface area (Å²) in [7, 11) is 0. The van der Waals surface area contributed by atoms with E-state index in [9.17, 15) is 10.1 Å². The Labute approximate surface area is 176 Å². The molecule has 1 N–H and O–H groups in total. The van der Waals surface area contributed by atoms with Crippen LogP contribution in [0.4, 0.5) is 5.69 Å². The second-order valence-electron chi connectivity index (χ2n) is 5.35. The van der Waals surface area contributed by atoms with Gasteiger partial charge in [0.2, 0.25) is 0 Å². The first-order valence-corrected chi connectivity index (χ1v) is 9.30. The number of hydrogen-bond acceptors (Lipinski definition) is 5. The van der Waals surface area contributed by atoms with E-state index in [0.29, 0.717) is 33.8 Å². The highest BCUT2D eigenvalue weighted by Crippen LogP contribution is 2.35. The summed E-state index contributed by atoms with van der Waals surface area (Å²) in [6.07, 6.45) is 1.41. The zero-order valence-electron chi connectivity index (χ0n) is 14.8. The number of benzene rings is 2. The Morgan fingerprint density at radius 1 is 1.29 bits per heavy atom. The monoisotopic (exact) mass is 459 g/mol. The lowest BCUT2D eigenvalue weighted by Gasteiger charge is -2.09. The summed E-state index contributed by atoms with van der Waals surface area (Å²) >= 11 is 9.47. The van der Waals surface area contributed by atoms with Gasteiger partial charge >= 0.3 is 0 Å². The summed E-state index contributed by atoms with van der Waals surface area (Å²) in [6.45, 7) is 2.21. The summed E-state index contributed by atoms with van der Waals surface area (Å²) in [5, 5.41) is 20.9. The lowest BCUT2D eigenvalue weighted by Crippen LogP contribution is -2.13. The first-order valence-electron chi connectivity index (χ1n) is 8.13. The number of nitrogens with one attached hydrogen (secondary N) is 1. The molecule has 1 amide bonds. The van der Waals surface area contributed by atoms with Crippen LogP contribution in [0.3, 0.4) is 0 Å². The Morgan fingerprint density at radius 3 is 2.71 bits per heavy atom. The summed E-state index contributed by atoms with van der Waals surface area (Å²) in [4.78, 5) is 12.4. The van der Waals surface area contributed by atoms with Crippen molar-refractivity contribution in [2.45, 2.75) is 6.92 Å². The van der Waals surface area contributed by atoms with Gasteiger partial charge in [0.1, 0.15) is 23.5 Å². The molecule has 0 aliphatic heterocycles. The average molecular weight is 461 g/mol. The highest BCUT2D eigenvalue weighted by molar-refractivity contribution is 9.10. The van der Waals surface area contributed by atoms with E-state index in [1.807, 2.05) is 19.1 Å². The minimum atomic E-state index is -0.562. The molecule has 0 bridgehead atoms. The van der Waals surface area contributed by atoms with Crippen molar-refractivity contribution in [3.05, 3.63) is 57.0 Å². The third-order valence-electron chi connectivity index (χ3n) is 3.38. The van der Waals surface area contributed by atoms with Gasteiger partial charge in [-0.3, -0.25) is 4.79 Å². The van der Waals surface area contributed by atoms with Gasteiger partial charge in [-0.05, 0) is 58.8 Å². The van der Waals surface area contributed by atoms with E-state index in [-0.39, 0.29) is 17.2 Å². The van der Waals surface area contributed by atoms with E-state index in [4.69, 9.17) is 26.3 Å². The molecular formula is C20H15BrClN3O3. The highest BCUT2D eigenvalue weighted by atomic mass is 79.9. The Hall–Kier alpha value is -3.00. The summed E-state index contributed by atoms with van der Waals surface area (Å²) in [5.74, 6) is 0.371. The summed E-state index contributed by atoms with van der Waals surface area (Å²) < 4.78 is 11.1. The molecule has 0 aromatic heterocycles. The Balaban J connectivity index is 2.23. The molecule has 2 aromatic carbocycles. The first kappa shape index (κ1) is 21.3. The van der Waals surface area contributed by atoms with Crippen molar-refractivity contribution in [1.29, 1.82) is 10.5 Å². The number of amides is 1. The van der Waals surface area contributed by atoms with Crippen molar-refractivity contribution in [3.8, 4) is 23.6 Å².